The smallest absolute Gasteiger partial charge is 0.224 e. The van der Waals surface area contributed by atoms with Crippen LogP contribution in [0, 0.1) is 11.8 Å². The van der Waals surface area contributed by atoms with Crippen molar-refractivity contribution in [2.45, 2.75) is 19.3 Å². The van der Waals surface area contributed by atoms with E-state index in [-0.39, 0.29) is 12.5 Å². The number of ether oxygens (including phenoxy) is 1. The van der Waals surface area contributed by atoms with Crippen LogP contribution in [0.2, 0.25) is 0 Å². The number of aliphatic hydroxyl groups is 1. The number of rotatable bonds is 6. The lowest BCUT2D eigenvalue weighted by Gasteiger charge is -2.04. The Morgan fingerprint density at radius 1 is 1.37 bits per heavy atom. The number of amides is 1. The molecule has 1 rings (SSSR count). The number of carbonyl (C=O) groups excluding carboxylic acids is 1. The van der Waals surface area contributed by atoms with Crippen LogP contribution in [-0.4, -0.2) is 31.3 Å². The topological polar surface area (TPSA) is 58.6 Å². The normalized spacial score (nSPS) is 9.58. The van der Waals surface area contributed by atoms with Crippen molar-refractivity contribution in [1.29, 1.82) is 0 Å². The van der Waals surface area contributed by atoms with Gasteiger partial charge in [0.25, 0.3) is 0 Å². The summed E-state index contributed by atoms with van der Waals surface area (Å²) >= 11 is 0. The predicted octanol–water partition coefficient (Wildman–Crippen LogP) is 1.79. The molecule has 1 aromatic rings. The molecule has 0 aromatic heterocycles. The van der Waals surface area contributed by atoms with Gasteiger partial charge in [0.1, 0.15) is 0 Å². The summed E-state index contributed by atoms with van der Waals surface area (Å²) < 4.78 is 4.89. The SMILES string of the molecule is COCCCC(=O)Nc1ccc(C#CCCO)cc1. The molecule has 0 aliphatic carbocycles. The fourth-order valence-electron chi connectivity index (χ4n) is 1.46. The molecule has 2 N–H and O–H groups in total. The zero-order valence-corrected chi connectivity index (χ0v) is 11.1. The van der Waals surface area contributed by atoms with Gasteiger partial charge in [-0.1, -0.05) is 11.8 Å². The predicted molar refractivity (Wildman–Crippen MR) is 74.8 cm³/mol. The van der Waals surface area contributed by atoms with Crippen LogP contribution in [0.4, 0.5) is 5.69 Å². The minimum Gasteiger partial charge on any atom is -0.395 e. The minimum atomic E-state index is -0.0174. The molecule has 0 fully saturated rings. The molecule has 0 heterocycles. The first kappa shape index (κ1) is 15.2. The maximum atomic E-state index is 11.6. The monoisotopic (exact) mass is 261 g/mol. The lowest BCUT2D eigenvalue weighted by molar-refractivity contribution is -0.116. The number of anilines is 1. The standard InChI is InChI=1S/C15H19NO3/c1-19-12-4-6-15(18)16-14-9-7-13(8-10-14)5-2-3-11-17/h7-10,17H,3-4,6,11-12H2,1H3,(H,16,18). The number of hydrogen-bond donors (Lipinski definition) is 2. The Kier molecular flexibility index (Phi) is 7.33. The van der Waals surface area contributed by atoms with E-state index < -0.39 is 0 Å². The number of aliphatic hydroxyl groups excluding tert-OH is 1. The molecule has 102 valence electrons. The van der Waals surface area contributed by atoms with Gasteiger partial charge >= 0.3 is 0 Å². The van der Waals surface area contributed by atoms with Gasteiger partial charge in [0, 0.05) is 37.8 Å². The molecule has 0 spiro atoms. The number of carbonyl (C=O) groups is 1. The molecule has 0 bridgehead atoms. The van der Waals surface area contributed by atoms with E-state index in [9.17, 15) is 4.79 Å². The van der Waals surface area contributed by atoms with Crippen LogP contribution in [-0.2, 0) is 9.53 Å². The van der Waals surface area contributed by atoms with E-state index in [0.717, 1.165) is 11.3 Å². The second kappa shape index (κ2) is 9.15. The van der Waals surface area contributed by atoms with Gasteiger partial charge in [0.05, 0.1) is 6.61 Å². The Hall–Kier alpha value is -1.83. The van der Waals surface area contributed by atoms with Crippen molar-refractivity contribution in [3.05, 3.63) is 29.8 Å². The van der Waals surface area contributed by atoms with Crippen molar-refractivity contribution in [3.8, 4) is 11.8 Å². The Balaban J connectivity index is 2.44. The third kappa shape index (κ3) is 6.61. The zero-order chi connectivity index (χ0) is 13.9. The Morgan fingerprint density at radius 3 is 2.74 bits per heavy atom. The van der Waals surface area contributed by atoms with Crippen LogP contribution < -0.4 is 5.32 Å². The molecule has 0 atom stereocenters. The van der Waals surface area contributed by atoms with E-state index in [1.165, 1.54) is 0 Å². The van der Waals surface area contributed by atoms with Gasteiger partial charge in [-0.2, -0.15) is 0 Å². The summed E-state index contributed by atoms with van der Waals surface area (Å²) in [5.74, 6) is 5.76. The number of benzene rings is 1. The third-order valence-electron chi connectivity index (χ3n) is 2.39. The van der Waals surface area contributed by atoms with Crippen molar-refractivity contribution in [2.75, 3.05) is 25.6 Å². The summed E-state index contributed by atoms with van der Waals surface area (Å²) in [5, 5.41) is 11.4. The van der Waals surface area contributed by atoms with E-state index in [4.69, 9.17) is 9.84 Å². The molecule has 0 radical (unpaired) electrons. The zero-order valence-electron chi connectivity index (χ0n) is 11.1. The van der Waals surface area contributed by atoms with E-state index >= 15 is 0 Å². The van der Waals surface area contributed by atoms with Crippen molar-refractivity contribution in [2.24, 2.45) is 0 Å². The number of nitrogens with one attached hydrogen (secondary N) is 1. The molecule has 0 unspecified atom stereocenters. The quantitative estimate of drug-likeness (QED) is 0.606. The van der Waals surface area contributed by atoms with Gasteiger partial charge < -0.3 is 15.2 Å². The van der Waals surface area contributed by atoms with Gasteiger partial charge in [-0.15, -0.1) is 0 Å². The molecule has 0 aliphatic heterocycles. The highest BCUT2D eigenvalue weighted by Gasteiger charge is 2.01. The molecule has 1 aromatic carbocycles. The van der Waals surface area contributed by atoms with E-state index in [1.807, 2.05) is 24.3 Å². The summed E-state index contributed by atoms with van der Waals surface area (Å²) in [6, 6.07) is 7.32. The molecule has 0 saturated heterocycles. The number of hydrogen-bond acceptors (Lipinski definition) is 3. The first-order valence-electron chi connectivity index (χ1n) is 6.25. The van der Waals surface area contributed by atoms with Gasteiger partial charge in [0.2, 0.25) is 5.91 Å². The van der Waals surface area contributed by atoms with Gasteiger partial charge in [0.15, 0.2) is 0 Å². The van der Waals surface area contributed by atoms with Crippen LogP contribution in [0.25, 0.3) is 0 Å². The Labute approximate surface area is 113 Å². The van der Waals surface area contributed by atoms with Crippen molar-refractivity contribution >= 4 is 11.6 Å². The lowest BCUT2D eigenvalue weighted by Crippen LogP contribution is -2.11. The molecule has 4 nitrogen and oxygen atoms in total. The summed E-state index contributed by atoms with van der Waals surface area (Å²) in [5.41, 5.74) is 1.63. The maximum absolute atomic E-state index is 11.6. The first-order valence-corrected chi connectivity index (χ1v) is 6.25. The molecule has 4 heteroatoms. The Morgan fingerprint density at radius 2 is 2.11 bits per heavy atom. The fraction of sp³-hybridized carbons (Fsp3) is 0.400. The number of methoxy groups -OCH3 is 1. The molecular formula is C15H19NO3. The van der Waals surface area contributed by atoms with Gasteiger partial charge in [-0.25, -0.2) is 0 Å². The van der Waals surface area contributed by atoms with Crippen molar-refractivity contribution in [3.63, 3.8) is 0 Å². The van der Waals surface area contributed by atoms with Crippen LogP contribution in [0.3, 0.4) is 0 Å². The fourth-order valence-corrected chi connectivity index (χ4v) is 1.46. The van der Waals surface area contributed by atoms with Crippen LogP contribution in [0.5, 0.6) is 0 Å². The van der Waals surface area contributed by atoms with E-state index in [2.05, 4.69) is 17.2 Å². The van der Waals surface area contributed by atoms with Gasteiger partial charge in [-0.05, 0) is 30.7 Å². The third-order valence-corrected chi connectivity index (χ3v) is 2.39. The highest BCUT2D eigenvalue weighted by atomic mass is 16.5. The first-order chi connectivity index (χ1) is 9.26. The van der Waals surface area contributed by atoms with Crippen LogP contribution in [0.15, 0.2) is 24.3 Å². The summed E-state index contributed by atoms with van der Waals surface area (Å²) in [6.07, 6.45) is 1.64. The molecular weight excluding hydrogens is 242 g/mol. The van der Waals surface area contributed by atoms with Crippen LogP contribution in [0.1, 0.15) is 24.8 Å². The molecule has 1 amide bonds. The molecule has 0 aliphatic rings. The highest BCUT2D eigenvalue weighted by Crippen LogP contribution is 2.09. The summed E-state index contributed by atoms with van der Waals surface area (Å²) in [6.45, 7) is 0.662. The largest absolute Gasteiger partial charge is 0.395 e. The molecule has 19 heavy (non-hydrogen) atoms. The van der Waals surface area contributed by atoms with Crippen LogP contribution >= 0.6 is 0 Å². The van der Waals surface area contributed by atoms with Gasteiger partial charge in [-0.3, -0.25) is 4.79 Å². The second-order valence-corrected chi connectivity index (χ2v) is 4.00. The second-order valence-electron chi connectivity index (χ2n) is 4.00. The lowest BCUT2D eigenvalue weighted by atomic mass is 10.2. The van der Waals surface area contributed by atoms with Crippen molar-refractivity contribution in [1.82, 2.24) is 0 Å². The summed E-state index contributed by atoms with van der Waals surface area (Å²) in [7, 11) is 1.62. The summed E-state index contributed by atoms with van der Waals surface area (Å²) in [4.78, 5) is 11.6. The van der Waals surface area contributed by atoms with Crippen molar-refractivity contribution < 1.29 is 14.6 Å². The Bertz CT molecular complexity index is 443. The molecule has 0 saturated carbocycles. The van der Waals surface area contributed by atoms with E-state index in [1.54, 1.807) is 7.11 Å². The van der Waals surface area contributed by atoms with E-state index in [0.29, 0.717) is 25.9 Å². The highest BCUT2D eigenvalue weighted by molar-refractivity contribution is 5.90. The maximum Gasteiger partial charge on any atom is 0.224 e. The minimum absolute atomic E-state index is 0.0174. The average molecular weight is 261 g/mol. The average Bonchev–Trinajstić information content (AvgIpc) is 2.41.